The molecule has 0 fully saturated rings. The van der Waals surface area contributed by atoms with E-state index in [-0.39, 0.29) is 12.4 Å². The fraction of sp³-hybridized carbons (Fsp3) is 0.971. The van der Waals surface area contributed by atoms with E-state index in [9.17, 15) is 4.79 Å². The second kappa shape index (κ2) is 44.1. The van der Waals surface area contributed by atoms with Crippen LogP contribution >= 0.6 is 0 Å². The highest BCUT2D eigenvalue weighted by molar-refractivity contribution is 5.69. The van der Waals surface area contributed by atoms with Crippen LogP contribution in [0.1, 0.15) is 71.6 Å². The van der Waals surface area contributed by atoms with E-state index in [1.165, 1.54) is 44.9 Å². The van der Waals surface area contributed by atoms with Crippen molar-refractivity contribution in [2.45, 2.75) is 71.6 Å². The molecule has 0 unspecified atom stereocenters. The molecule has 0 spiro atoms. The molecule has 0 amide bonds. The smallest absolute Gasteiger partial charge is 0.308 e. The van der Waals surface area contributed by atoms with E-state index < -0.39 is 0 Å². The Hall–Kier alpha value is -0.970. The van der Waals surface area contributed by atoms with Gasteiger partial charge < -0.3 is 56.8 Å². The van der Waals surface area contributed by atoms with Crippen LogP contribution in [0.25, 0.3) is 0 Å². The molecule has 0 N–H and O–H groups in total. The Bertz CT molecular complexity index is 601. The molecule has 288 valence electrons. The first kappa shape index (κ1) is 47.0. The van der Waals surface area contributed by atoms with Crippen LogP contribution in [-0.2, 0) is 61.6 Å². The lowest BCUT2D eigenvalue weighted by atomic mass is 10.1. The summed E-state index contributed by atoms with van der Waals surface area (Å²) in [6.45, 7) is 15.9. The van der Waals surface area contributed by atoms with Crippen LogP contribution in [0.4, 0.5) is 0 Å². The van der Waals surface area contributed by atoms with Gasteiger partial charge in [-0.3, -0.25) is 4.79 Å². The van der Waals surface area contributed by atoms with Crippen molar-refractivity contribution in [3.63, 3.8) is 0 Å². The average Bonchev–Trinajstić information content (AvgIpc) is 3.09. The van der Waals surface area contributed by atoms with Crippen molar-refractivity contribution in [2.75, 3.05) is 152 Å². The van der Waals surface area contributed by atoms with Crippen LogP contribution in [0, 0.1) is 0 Å². The van der Waals surface area contributed by atoms with Crippen molar-refractivity contribution in [3.8, 4) is 0 Å². The van der Waals surface area contributed by atoms with Gasteiger partial charge in [0.1, 0.15) is 0 Å². The first-order chi connectivity index (χ1) is 23.8. The third-order valence-corrected chi connectivity index (χ3v) is 6.62. The Kier molecular flexibility index (Phi) is 43.2. The maximum atomic E-state index is 11.2. The van der Waals surface area contributed by atoms with Gasteiger partial charge in [-0.1, -0.05) is 51.9 Å². The van der Waals surface area contributed by atoms with Gasteiger partial charge >= 0.3 is 5.97 Å². The molecule has 0 aromatic carbocycles. The van der Waals surface area contributed by atoms with Crippen molar-refractivity contribution >= 4 is 5.97 Å². The highest BCUT2D eigenvalue weighted by atomic mass is 16.6. The molecule has 0 aliphatic heterocycles. The number of esters is 1. The summed E-state index contributed by atoms with van der Waals surface area (Å²) in [7, 11) is 0. The molecule has 0 aromatic rings. The summed E-state index contributed by atoms with van der Waals surface area (Å²) in [6, 6.07) is 0. The van der Waals surface area contributed by atoms with Crippen LogP contribution in [-0.4, -0.2) is 158 Å². The Labute approximate surface area is 291 Å². The molecule has 0 atom stereocenters. The van der Waals surface area contributed by atoms with Gasteiger partial charge in [-0.25, -0.2) is 0 Å². The topological polar surface area (TPSA) is 128 Å². The summed E-state index contributed by atoms with van der Waals surface area (Å²) in [4.78, 5) is 11.2. The van der Waals surface area contributed by atoms with Crippen molar-refractivity contribution in [1.29, 1.82) is 0 Å². The van der Waals surface area contributed by atoms with Gasteiger partial charge in [0.15, 0.2) is 0 Å². The fourth-order valence-corrected chi connectivity index (χ4v) is 4.03. The minimum Gasteiger partial charge on any atom is -0.466 e. The van der Waals surface area contributed by atoms with Crippen molar-refractivity contribution in [3.05, 3.63) is 0 Å². The second-order valence-electron chi connectivity index (χ2n) is 10.8. The maximum absolute atomic E-state index is 11.2. The minimum absolute atomic E-state index is 0.249. The molecule has 0 rings (SSSR count). The third-order valence-electron chi connectivity index (χ3n) is 6.62. The van der Waals surface area contributed by atoms with Gasteiger partial charge in [0, 0.05) is 6.61 Å². The molecule has 0 heterocycles. The Morgan fingerprint density at radius 3 is 0.854 bits per heavy atom. The summed E-state index contributed by atoms with van der Waals surface area (Å²) in [6.07, 6.45) is 10.8. The highest BCUT2D eigenvalue weighted by Gasteiger charge is 2.01. The lowest BCUT2D eigenvalue weighted by molar-refractivity contribution is -0.144. The SMILES string of the molecule is CCCCCCCCCCOCCOCCOCCOCCOCCOCCOCCOCCOCCOCCOCCC(=O)OCC. The highest BCUT2D eigenvalue weighted by Crippen LogP contribution is 2.08. The molecule has 0 aromatic heterocycles. The maximum Gasteiger partial charge on any atom is 0.308 e. The largest absolute Gasteiger partial charge is 0.466 e. The number of ether oxygens (including phenoxy) is 12. The van der Waals surface area contributed by atoms with Gasteiger partial charge in [-0.05, 0) is 13.3 Å². The third kappa shape index (κ3) is 43.1. The molecule has 0 saturated carbocycles. The first-order valence-corrected chi connectivity index (χ1v) is 18.3. The van der Waals surface area contributed by atoms with E-state index in [2.05, 4.69) is 6.92 Å². The normalized spacial score (nSPS) is 11.5. The number of hydrogen-bond donors (Lipinski definition) is 0. The van der Waals surface area contributed by atoms with Gasteiger partial charge in [0.2, 0.25) is 0 Å². The first-order valence-electron chi connectivity index (χ1n) is 18.3. The predicted molar refractivity (Wildman–Crippen MR) is 183 cm³/mol. The van der Waals surface area contributed by atoms with E-state index in [0.29, 0.717) is 145 Å². The predicted octanol–water partition coefficient (Wildman–Crippen LogP) is 4.26. The van der Waals surface area contributed by atoms with E-state index >= 15 is 0 Å². The number of carbonyl (C=O) groups is 1. The van der Waals surface area contributed by atoms with E-state index in [4.69, 9.17) is 56.8 Å². The number of rotatable bonds is 43. The molecule has 13 nitrogen and oxygen atoms in total. The van der Waals surface area contributed by atoms with Gasteiger partial charge in [-0.15, -0.1) is 0 Å². The second-order valence-corrected chi connectivity index (χ2v) is 10.8. The van der Waals surface area contributed by atoms with Crippen LogP contribution in [0.5, 0.6) is 0 Å². The Morgan fingerprint density at radius 2 is 0.562 bits per heavy atom. The molecule has 0 aliphatic rings. The summed E-state index contributed by atoms with van der Waals surface area (Å²) < 4.78 is 65.0. The van der Waals surface area contributed by atoms with Crippen molar-refractivity contribution in [1.82, 2.24) is 0 Å². The summed E-state index contributed by atoms with van der Waals surface area (Å²) in [5.41, 5.74) is 0. The van der Waals surface area contributed by atoms with Gasteiger partial charge in [0.05, 0.1) is 152 Å². The van der Waals surface area contributed by atoms with Crippen LogP contribution < -0.4 is 0 Å². The summed E-state index contributed by atoms with van der Waals surface area (Å²) >= 11 is 0. The van der Waals surface area contributed by atoms with E-state index in [1.54, 1.807) is 6.92 Å². The Balaban J connectivity index is 3.06. The molecule has 13 heteroatoms. The van der Waals surface area contributed by atoms with Gasteiger partial charge in [0.25, 0.3) is 0 Å². The molecule has 0 aliphatic carbocycles. The number of carbonyl (C=O) groups excluding carboxylic acids is 1. The quantitative estimate of drug-likeness (QED) is 0.0665. The van der Waals surface area contributed by atoms with Crippen molar-refractivity contribution in [2.24, 2.45) is 0 Å². The summed E-state index contributed by atoms with van der Waals surface area (Å²) in [5, 5.41) is 0. The van der Waals surface area contributed by atoms with Crippen LogP contribution in [0.2, 0.25) is 0 Å². The average molecular weight is 699 g/mol. The fourth-order valence-electron chi connectivity index (χ4n) is 4.03. The molecular formula is C35H70O13. The summed E-state index contributed by atoms with van der Waals surface area (Å²) in [5.74, 6) is -0.249. The zero-order valence-electron chi connectivity index (χ0n) is 30.4. The zero-order chi connectivity index (χ0) is 34.7. The standard InChI is InChI=1S/C35H70O13/c1-3-5-6-7-8-9-10-11-13-37-15-17-39-19-21-41-23-25-43-27-29-45-31-33-47-34-32-46-30-28-44-26-24-42-22-20-40-18-16-38-14-12-35(36)48-4-2/h3-34H2,1-2H3. The van der Waals surface area contributed by atoms with Crippen LogP contribution in [0.15, 0.2) is 0 Å². The molecular weight excluding hydrogens is 628 g/mol. The Morgan fingerprint density at radius 1 is 0.312 bits per heavy atom. The molecule has 0 radical (unpaired) electrons. The minimum atomic E-state index is -0.249. The number of unbranched alkanes of at least 4 members (excludes halogenated alkanes) is 7. The molecule has 0 bridgehead atoms. The molecule has 0 saturated heterocycles. The van der Waals surface area contributed by atoms with Gasteiger partial charge in [-0.2, -0.15) is 0 Å². The van der Waals surface area contributed by atoms with Crippen LogP contribution in [0.3, 0.4) is 0 Å². The van der Waals surface area contributed by atoms with E-state index in [0.717, 1.165) is 13.0 Å². The lowest BCUT2D eigenvalue weighted by Crippen LogP contribution is -2.15. The van der Waals surface area contributed by atoms with E-state index in [1.807, 2.05) is 0 Å². The number of hydrogen-bond acceptors (Lipinski definition) is 13. The zero-order valence-corrected chi connectivity index (χ0v) is 30.4. The molecule has 48 heavy (non-hydrogen) atoms. The lowest BCUT2D eigenvalue weighted by Gasteiger charge is -2.09. The monoisotopic (exact) mass is 698 g/mol. The van der Waals surface area contributed by atoms with Crippen molar-refractivity contribution < 1.29 is 61.6 Å².